The molecule has 0 atom stereocenters. The number of hydrogen-bond donors (Lipinski definition) is 2. The summed E-state index contributed by atoms with van der Waals surface area (Å²) in [5.41, 5.74) is 0.797. The Kier molecular flexibility index (Phi) is 6.69. The summed E-state index contributed by atoms with van der Waals surface area (Å²) in [7, 11) is -3.40. The van der Waals surface area contributed by atoms with Gasteiger partial charge in [-0.15, -0.1) is 0 Å². The van der Waals surface area contributed by atoms with Gasteiger partial charge in [0.15, 0.2) is 0 Å². The molecule has 0 saturated carbocycles. The van der Waals surface area contributed by atoms with Crippen molar-refractivity contribution in [2.24, 2.45) is 5.92 Å². The summed E-state index contributed by atoms with van der Waals surface area (Å²) in [5, 5.41) is 5.75. The lowest BCUT2D eigenvalue weighted by Crippen LogP contribution is -2.47. The van der Waals surface area contributed by atoms with Gasteiger partial charge in [0.05, 0.1) is 4.90 Å². The van der Waals surface area contributed by atoms with Crippen LogP contribution in [0.4, 0.5) is 4.79 Å². The van der Waals surface area contributed by atoms with Crippen LogP contribution in [0.1, 0.15) is 45.6 Å². The Morgan fingerprint density at radius 2 is 1.73 bits per heavy atom. The van der Waals surface area contributed by atoms with Gasteiger partial charge in [-0.1, -0.05) is 17.7 Å². The van der Waals surface area contributed by atoms with E-state index in [1.54, 1.807) is 16.4 Å². The molecule has 0 unspecified atom stereocenters. The fourth-order valence-corrected chi connectivity index (χ4v) is 4.54. The van der Waals surface area contributed by atoms with E-state index in [0.29, 0.717) is 30.4 Å². The predicted molar refractivity (Wildman–Crippen MR) is 104 cm³/mol. The molecule has 6 nitrogen and oxygen atoms in total. The maximum absolute atomic E-state index is 12.7. The van der Waals surface area contributed by atoms with E-state index in [1.807, 2.05) is 39.8 Å². The lowest BCUT2D eigenvalue weighted by molar-refractivity contribution is 0.228. The number of hydrogen-bond acceptors (Lipinski definition) is 3. The van der Waals surface area contributed by atoms with E-state index >= 15 is 0 Å². The van der Waals surface area contributed by atoms with Gasteiger partial charge in [0.1, 0.15) is 0 Å². The van der Waals surface area contributed by atoms with E-state index in [4.69, 9.17) is 0 Å². The van der Waals surface area contributed by atoms with E-state index in [2.05, 4.69) is 10.6 Å². The van der Waals surface area contributed by atoms with Crippen molar-refractivity contribution in [1.82, 2.24) is 14.9 Å². The van der Waals surface area contributed by atoms with Gasteiger partial charge in [-0.05, 0) is 65.0 Å². The molecule has 1 heterocycles. The minimum Gasteiger partial charge on any atom is -0.338 e. The summed E-state index contributed by atoms with van der Waals surface area (Å²) in [5.74, 6) is 0.439. The first kappa shape index (κ1) is 20.7. The van der Waals surface area contributed by atoms with E-state index in [0.717, 1.165) is 24.8 Å². The molecule has 0 aliphatic carbocycles. The van der Waals surface area contributed by atoms with Crippen molar-refractivity contribution in [1.29, 1.82) is 0 Å². The highest BCUT2D eigenvalue weighted by molar-refractivity contribution is 7.89. The average Bonchev–Trinajstić information content (AvgIpc) is 2.54. The molecule has 2 amide bonds. The summed E-state index contributed by atoms with van der Waals surface area (Å²) in [4.78, 5) is 12.1. The molecule has 0 aromatic heterocycles. The van der Waals surface area contributed by atoms with Crippen molar-refractivity contribution in [3.8, 4) is 0 Å². The van der Waals surface area contributed by atoms with Crippen LogP contribution in [-0.4, -0.2) is 43.9 Å². The highest BCUT2D eigenvalue weighted by atomic mass is 32.2. The van der Waals surface area contributed by atoms with E-state index in [1.165, 1.54) is 0 Å². The molecule has 2 N–H and O–H groups in total. The van der Waals surface area contributed by atoms with Crippen LogP contribution in [0.5, 0.6) is 0 Å². The smallest absolute Gasteiger partial charge is 0.315 e. The summed E-state index contributed by atoms with van der Waals surface area (Å²) < 4.78 is 27.0. The number of nitrogens with one attached hydrogen (secondary N) is 2. The summed E-state index contributed by atoms with van der Waals surface area (Å²) >= 11 is 0. The first-order valence-electron chi connectivity index (χ1n) is 9.21. The molecule has 146 valence electrons. The Bertz CT molecular complexity index is 701. The fourth-order valence-electron chi connectivity index (χ4n) is 3.07. The third-order valence-corrected chi connectivity index (χ3v) is 6.47. The molecule has 0 bridgehead atoms. The second kappa shape index (κ2) is 8.39. The lowest BCUT2D eigenvalue weighted by Gasteiger charge is -2.31. The Morgan fingerprint density at radius 1 is 1.15 bits per heavy atom. The first-order chi connectivity index (χ1) is 12.1. The standard InChI is InChI=1S/C19H31N3O3S/c1-15-5-7-17(8-6-15)26(24,25)22-13-10-16(11-14-22)9-12-20-18(23)21-19(2,3)4/h5-8,16H,9-14H2,1-4H3,(H2,20,21,23). The number of piperidine rings is 1. The normalized spacial score (nSPS) is 17.1. The third kappa shape index (κ3) is 5.99. The van der Waals surface area contributed by atoms with Gasteiger partial charge >= 0.3 is 6.03 Å². The Balaban J connectivity index is 1.78. The molecule has 0 spiro atoms. The van der Waals surface area contributed by atoms with Crippen LogP contribution in [0.25, 0.3) is 0 Å². The molecule has 2 rings (SSSR count). The molecule has 1 aromatic carbocycles. The van der Waals surface area contributed by atoms with Crippen molar-refractivity contribution < 1.29 is 13.2 Å². The number of carbonyl (C=O) groups is 1. The summed E-state index contributed by atoms with van der Waals surface area (Å²) in [6.45, 7) is 9.45. The van der Waals surface area contributed by atoms with Crippen molar-refractivity contribution in [2.45, 2.75) is 57.4 Å². The molecular formula is C19H31N3O3S. The molecule has 0 radical (unpaired) electrons. The van der Waals surface area contributed by atoms with Gasteiger partial charge in [0.2, 0.25) is 10.0 Å². The second-order valence-corrected chi connectivity index (χ2v) is 10.0. The van der Waals surface area contributed by atoms with Crippen LogP contribution < -0.4 is 10.6 Å². The second-order valence-electron chi connectivity index (χ2n) is 8.08. The molecule has 1 aliphatic rings. The van der Waals surface area contributed by atoms with Crippen LogP contribution in [0, 0.1) is 12.8 Å². The van der Waals surface area contributed by atoms with Crippen LogP contribution in [0.15, 0.2) is 29.2 Å². The molecule has 1 aromatic rings. The monoisotopic (exact) mass is 381 g/mol. The van der Waals surface area contributed by atoms with Crippen LogP contribution in [0.3, 0.4) is 0 Å². The van der Waals surface area contributed by atoms with Crippen molar-refractivity contribution in [2.75, 3.05) is 19.6 Å². The zero-order chi connectivity index (χ0) is 19.4. The zero-order valence-electron chi connectivity index (χ0n) is 16.2. The van der Waals surface area contributed by atoms with Gasteiger partial charge < -0.3 is 10.6 Å². The molecule has 26 heavy (non-hydrogen) atoms. The summed E-state index contributed by atoms with van der Waals surface area (Å²) in [6.07, 6.45) is 2.53. The van der Waals surface area contributed by atoms with Gasteiger partial charge in [-0.2, -0.15) is 4.31 Å². The van der Waals surface area contributed by atoms with E-state index in [-0.39, 0.29) is 11.6 Å². The van der Waals surface area contributed by atoms with Crippen LogP contribution in [0.2, 0.25) is 0 Å². The molecular weight excluding hydrogens is 350 g/mol. The SMILES string of the molecule is Cc1ccc(S(=O)(=O)N2CCC(CCNC(=O)NC(C)(C)C)CC2)cc1. The van der Waals surface area contributed by atoms with E-state index in [9.17, 15) is 13.2 Å². The zero-order valence-corrected chi connectivity index (χ0v) is 17.0. The summed E-state index contributed by atoms with van der Waals surface area (Å²) in [6, 6.07) is 6.85. The van der Waals surface area contributed by atoms with E-state index < -0.39 is 10.0 Å². The molecule has 1 fully saturated rings. The molecule has 7 heteroatoms. The number of benzene rings is 1. The van der Waals surface area contributed by atoms with Gasteiger partial charge in [-0.3, -0.25) is 0 Å². The Morgan fingerprint density at radius 3 is 2.27 bits per heavy atom. The number of carbonyl (C=O) groups excluding carboxylic acids is 1. The van der Waals surface area contributed by atoms with Crippen molar-refractivity contribution in [3.63, 3.8) is 0 Å². The fraction of sp³-hybridized carbons (Fsp3) is 0.632. The number of rotatable bonds is 5. The van der Waals surface area contributed by atoms with Gasteiger partial charge in [0.25, 0.3) is 0 Å². The van der Waals surface area contributed by atoms with Gasteiger partial charge in [-0.25, -0.2) is 13.2 Å². The predicted octanol–water partition coefficient (Wildman–Crippen LogP) is 2.88. The number of amides is 2. The Hall–Kier alpha value is -1.60. The van der Waals surface area contributed by atoms with Crippen molar-refractivity contribution >= 4 is 16.1 Å². The quantitative estimate of drug-likeness (QED) is 0.823. The van der Waals surface area contributed by atoms with Crippen molar-refractivity contribution in [3.05, 3.63) is 29.8 Å². The maximum Gasteiger partial charge on any atom is 0.315 e. The minimum atomic E-state index is -3.40. The number of nitrogens with zero attached hydrogens (tertiary/aromatic N) is 1. The maximum atomic E-state index is 12.7. The van der Waals surface area contributed by atoms with Gasteiger partial charge in [0, 0.05) is 25.2 Å². The average molecular weight is 382 g/mol. The molecule has 1 saturated heterocycles. The first-order valence-corrected chi connectivity index (χ1v) is 10.6. The molecule has 1 aliphatic heterocycles. The van der Waals surface area contributed by atoms with Crippen LogP contribution >= 0.6 is 0 Å². The number of aryl methyl sites for hydroxylation is 1. The lowest BCUT2D eigenvalue weighted by atomic mass is 9.95. The topological polar surface area (TPSA) is 78.5 Å². The minimum absolute atomic E-state index is 0.156. The third-order valence-electron chi connectivity index (χ3n) is 4.56. The largest absolute Gasteiger partial charge is 0.338 e. The van der Waals surface area contributed by atoms with Crippen LogP contribution in [-0.2, 0) is 10.0 Å². The Labute approximate surface area is 157 Å². The number of urea groups is 1. The number of sulfonamides is 1. The highest BCUT2D eigenvalue weighted by Gasteiger charge is 2.29. The highest BCUT2D eigenvalue weighted by Crippen LogP contribution is 2.25.